The first-order valence-electron chi connectivity index (χ1n) is 9.36. The van der Waals surface area contributed by atoms with E-state index in [2.05, 4.69) is 16.9 Å². The van der Waals surface area contributed by atoms with E-state index >= 15 is 0 Å². The maximum Gasteiger partial charge on any atom is 0.262 e. The molecule has 156 valence electrons. The largest absolute Gasteiger partial charge is 0.378 e. The number of hydrogen-bond donors (Lipinski definition) is 1. The summed E-state index contributed by atoms with van der Waals surface area (Å²) in [5.74, 6) is -0.178. The van der Waals surface area contributed by atoms with Crippen molar-refractivity contribution in [1.29, 1.82) is 0 Å². The standard InChI is InChI=1S/C22H23ClN4O2S/c1-5-12-27-21(29)18-11-6-15(23)13-19(18)25-22(27)30-14(2)20(28)24-16-7-9-17(10-8-16)26(3)4/h5-11,13-14H,1,12H2,2-4H3,(H,24,28)/t14-/m0/s1. The monoisotopic (exact) mass is 442 g/mol. The van der Waals surface area contributed by atoms with Gasteiger partial charge >= 0.3 is 0 Å². The molecule has 0 spiro atoms. The Bertz CT molecular complexity index is 1140. The summed E-state index contributed by atoms with van der Waals surface area (Å²) in [6, 6.07) is 12.6. The number of benzene rings is 2. The topological polar surface area (TPSA) is 67.2 Å². The van der Waals surface area contributed by atoms with E-state index in [4.69, 9.17) is 11.6 Å². The van der Waals surface area contributed by atoms with Gasteiger partial charge in [-0.1, -0.05) is 29.4 Å². The Kier molecular flexibility index (Phi) is 6.84. The zero-order valence-corrected chi connectivity index (χ0v) is 18.6. The van der Waals surface area contributed by atoms with Crippen LogP contribution in [-0.2, 0) is 11.3 Å². The highest BCUT2D eigenvalue weighted by atomic mass is 35.5. The molecule has 1 atom stereocenters. The van der Waals surface area contributed by atoms with E-state index in [1.54, 1.807) is 31.2 Å². The Hall–Kier alpha value is -2.77. The lowest BCUT2D eigenvalue weighted by atomic mass is 10.2. The lowest BCUT2D eigenvalue weighted by molar-refractivity contribution is -0.115. The molecule has 0 radical (unpaired) electrons. The SMILES string of the molecule is C=CCn1c(S[C@@H](C)C(=O)Nc2ccc(N(C)C)cc2)nc2cc(Cl)ccc2c1=O. The number of halogens is 1. The lowest BCUT2D eigenvalue weighted by Gasteiger charge is -2.16. The van der Waals surface area contributed by atoms with Gasteiger partial charge in [0.05, 0.1) is 16.2 Å². The molecule has 6 nitrogen and oxygen atoms in total. The normalized spacial score (nSPS) is 11.9. The second-order valence-electron chi connectivity index (χ2n) is 6.95. The number of nitrogens with zero attached hydrogens (tertiary/aromatic N) is 3. The van der Waals surface area contributed by atoms with E-state index in [1.165, 1.54) is 16.3 Å². The highest BCUT2D eigenvalue weighted by Gasteiger charge is 2.19. The number of thioether (sulfide) groups is 1. The molecule has 3 aromatic rings. The van der Waals surface area contributed by atoms with Crippen molar-refractivity contribution in [1.82, 2.24) is 9.55 Å². The first kappa shape index (κ1) is 21.9. The number of fused-ring (bicyclic) bond motifs is 1. The van der Waals surface area contributed by atoms with Crippen molar-refractivity contribution in [3.8, 4) is 0 Å². The molecule has 30 heavy (non-hydrogen) atoms. The summed E-state index contributed by atoms with van der Waals surface area (Å²) < 4.78 is 1.52. The van der Waals surface area contributed by atoms with Gasteiger partial charge in [-0.2, -0.15) is 0 Å². The van der Waals surface area contributed by atoms with Crippen LogP contribution in [0.2, 0.25) is 5.02 Å². The summed E-state index contributed by atoms with van der Waals surface area (Å²) in [6.07, 6.45) is 1.63. The zero-order valence-electron chi connectivity index (χ0n) is 17.1. The molecular weight excluding hydrogens is 420 g/mol. The van der Waals surface area contributed by atoms with Crippen LogP contribution >= 0.6 is 23.4 Å². The Morgan fingerprint density at radius 2 is 2.00 bits per heavy atom. The van der Waals surface area contributed by atoms with Crippen LogP contribution in [0.25, 0.3) is 10.9 Å². The molecule has 1 heterocycles. The molecule has 0 aliphatic rings. The molecule has 1 N–H and O–H groups in total. The summed E-state index contributed by atoms with van der Waals surface area (Å²) in [5, 5.41) is 3.85. The molecule has 0 aliphatic carbocycles. The van der Waals surface area contributed by atoms with Gasteiger partial charge in [0.15, 0.2) is 5.16 Å². The summed E-state index contributed by atoms with van der Waals surface area (Å²) in [7, 11) is 3.91. The van der Waals surface area contributed by atoms with Gasteiger partial charge in [-0.25, -0.2) is 4.98 Å². The fourth-order valence-electron chi connectivity index (χ4n) is 2.85. The Balaban J connectivity index is 1.84. The molecule has 0 saturated carbocycles. The van der Waals surface area contributed by atoms with Crippen molar-refractivity contribution < 1.29 is 4.79 Å². The van der Waals surface area contributed by atoms with Crippen LogP contribution in [0, 0.1) is 0 Å². The average Bonchev–Trinajstić information content (AvgIpc) is 2.71. The number of hydrogen-bond acceptors (Lipinski definition) is 5. The van der Waals surface area contributed by atoms with Crippen molar-refractivity contribution in [2.75, 3.05) is 24.3 Å². The number of allylic oxidation sites excluding steroid dienone is 1. The molecule has 2 aromatic carbocycles. The molecule has 0 unspecified atom stereocenters. The van der Waals surface area contributed by atoms with E-state index in [0.717, 1.165) is 5.69 Å². The summed E-state index contributed by atoms with van der Waals surface area (Å²) in [4.78, 5) is 32.2. The molecule has 0 aliphatic heterocycles. The number of carbonyl (C=O) groups excluding carboxylic acids is 1. The van der Waals surface area contributed by atoms with Gasteiger partial charge in [0.1, 0.15) is 0 Å². The van der Waals surface area contributed by atoms with E-state index in [1.807, 2.05) is 43.3 Å². The first-order chi connectivity index (χ1) is 14.3. The minimum atomic E-state index is -0.474. The van der Waals surface area contributed by atoms with Gasteiger partial charge in [-0.3, -0.25) is 14.2 Å². The number of aromatic nitrogens is 2. The molecule has 0 bridgehead atoms. The van der Waals surface area contributed by atoms with E-state index in [-0.39, 0.29) is 11.5 Å². The molecular formula is C22H23ClN4O2S. The quantitative estimate of drug-likeness (QED) is 0.333. The molecule has 8 heteroatoms. The van der Waals surface area contributed by atoms with E-state index < -0.39 is 5.25 Å². The van der Waals surface area contributed by atoms with Crippen molar-refractivity contribution in [3.63, 3.8) is 0 Å². The number of amides is 1. The predicted molar refractivity (Wildman–Crippen MR) is 126 cm³/mol. The predicted octanol–water partition coefficient (Wildman–Crippen LogP) is 4.42. The molecule has 3 rings (SSSR count). The van der Waals surface area contributed by atoms with Crippen LogP contribution in [0.3, 0.4) is 0 Å². The molecule has 1 aromatic heterocycles. The van der Waals surface area contributed by atoms with Crippen LogP contribution in [0.15, 0.2) is 65.1 Å². The highest BCUT2D eigenvalue weighted by molar-refractivity contribution is 8.00. The Labute approximate surface area is 184 Å². The fraction of sp³-hybridized carbons (Fsp3) is 0.227. The van der Waals surface area contributed by atoms with Gasteiger partial charge in [-0.15, -0.1) is 6.58 Å². The smallest absolute Gasteiger partial charge is 0.262 e. The van der Waals surface area contributed by atoms with Crippen LogP contribution in [0.4, 0.5) is 11.4 Å². The summed E-state index contributed by atoms with van der Waals surface area (Å²) in [5.41, 5.74) is 2.07. The first-order valence-corrected chi connectivity index (χ1v) is 10.6. The third-order valence-electron chi connectivity index (χ3n) is 4.50. The number of rotatable bonds is 7. The van der Waals surface area contributed by atoms with Gasteiger partial charge in [-0.05, 0) is 49.4 Å². The lowest BCUT2D eigenvalue weighted by Crippen LogP contribution is -2.26. The van der Waals surface area contributed by atoms with Crippen molar-refractivity contribution >= 4 is 51.5 Å². The second kappa shape index (κ2) is 9.36. The van der Waals surface area contributed by atoms with Gasteiger partial charge < -0.3 is 10.2 Å². The zero-order chi connectivity index (χ0) is 21.8. The summed E-state index contributed by atoms with van der Waals surface area (Å²) in [6.45, 7) is 5.80. The van der Waals surface area contributed by atoms with Crippen LogP contribution in [0.5, 0.6) is 0 Å². The van der Waals surface area contributed by atoms with Crippen molar-refractivity contribution in [2.45, 2.75) is 23.9 Å². The fourth-order valence-corrected chi connectivity index (χ4v) is 3.94. The van der Waals surface area contributed by atoms with E-state index in [0.29, 0.717) is 33.3 Å². The minimum absolute atomic E-state index is 0.178. The van der Waals surface area contributed by atoms with Crippen LogP contribution in [-0.4, -0.2) is 34.8 Å². The molecule has 0 saturated heterocycles. The maximum atomic E-state index is 12.9. The van der Waals surface area contributed by atoms with Crippen molar-refractivity contribution in [3.05, 3.63) is 70.5 Å². The maximum absolute atomic E-state index is 12.9. The highest BCUT2D eigenvalue weighted by Crippen LogP contribution is 2.25. The molecule has 1 amide bonds. The number of carbonyl (C=O) groups is 1. The molecule has 0 fully saturated rings. The van der Waals surface area contributed by atoms with E-state index in [9.17, 15) is 9.59 Å². The minimum Gasteiger partial charge on any atom is -0.378 e. The number of anilines is 2. The third kappa shape index (κ3) is 4.86. The summed E-state index contributed by atoms with van der Waals surface area (Å²) >= 11 is 7.28. The average molecular weight is 443 g/mol. The van der Waals surface area contributed by atoms with Crippen molar-refractivity contribution in [2.24, 2.45) is 0 Å². The number of nitrogens with one attached hydrogen (secondary N) is 1. The second-order valence-corrected chi connectivity index (χ2v) is 8.70. The van der Waals surface area contributed by atoms with Gasteiger partial charge in [0.2, 0.25) is 5.91 Å². The van der Waals surface area contributed by atoms with Crippen LogP contribution in [0.1, 0.15) is 6.92 Å². The third-order valence-corrected chi connectivity index (χ3v) is 5.82. The Morgan fingerprint density at radius 3 is 2.63 bits per heavy atom. The van der Waals surface area contributed by atoms with Gasteiger partial charge in [0, 0.05) is 37.0 Å². The Morgan fingerprint density at radius 1 is 1.30 bits per heavy atom. The van der Waals surface area contributed by atoms with Gasteiger partial charge in [0.25, 0.3) is 5.56 Å². The van der Waals surface area contributed by atoms with Crippen LogP contribution < -0.4 is 15.8 Å².